The third-order valence-electron chi connectivity index (χ3n) is 9.69. The van der Waals surface area contributed by atoms with E-state index in [1.54, 1.807) is 0 Å². The first-order chi connectivity index (χ1) is 20.2. The van der Waals surface area contributed by atoms with E-state index >= 15 is 0 Å². The molecule has 0 radical (unpaired) electrons. The number of halogens is 3. The molecular formula is C42H60Cl3SiTi-. The van der Waals surface area contributed by atoms with Gasteiger partial charge < -0.3 is 0 Å². The Hall–Kier alpha value is -1.06. The molecule has 0 heterocycles. The molecule has 0 fully saturated rings. The molecule has 258 valence electrons. The van der Waals surface area contributed by atoms with E-state index < -0.39 is 8.07 Å². The van der Waals surface area contributed by atoms with Gasteiger partial charge in [0.15, 0.2) is 0 Å². The fourth-order valence-electron chi connectivity index (χ4n) is 6.59. The van der Waals surface area contributed by atoms with Crippen LogP contribution in [0.1, 0.15) is 165 Å². The van der Waals surface area contributed by atoms with E-state index in [4.69, 9.17) is 0 Å². The third-order valence-corrected chi connectivity index (χ3v) is 14.5. The van der Waals surface area contributed by atoms with Gasteiger partial charge in [-0.1, -0.05) is 138 Å². The van der Waals surface area contributed by atoms with Gasteiger partial charge in [0.2, 0.25) is 0 Å². The summed E-state index contributed by atoms with van der Waals surface area (Å²) in [6, 6.07) is 23.0. The molecule has 0 amide bonds. The molecule has 0 unspecified atom stereocenters. The molecule has 0 spiro atoms. The average Bonchev–Trinajstić information content (AvgIpc) is 3.38. The number of allylic oxidation sites excluding steroid dienone is 4. The largest absolute Gasteiger partial charge is 0.272 e. The average molecular weight is 747 g/mol. The Morgan fingerprint density at radius 3 is 0.851 bits per heavy atom. The molecule has 0 saturated carbocycles. The molecule has 0 aliphatic heterocycles. The van der Waals surface area contributed by atoms with Gasteiger partial charge in [-0.05, 0) is 84.4 Å². The molecule has 1 aliphatic carbocycles. The molecule has 3 aromatic rings. The van der Waals surface area contributed by atoms with Gasteiger partial charge in [-0.2, -0.15) is 6.08 Å². The van der Waals surface area contributed by atoms with Crippen LogP contribution in [0.5, 0.6) is 0 Å². The van der Waals surface area contributed by atoms with Gasteiger partial charge in [-0.3, -0.25) is 6.08 Å². The SMILES string of the molecule is CC1=CC[C-]=C1[Si](c1cc(C(C)C)cc(C(C)C)c1)(c1cc(C(C)C)cc(C(C)C)c1)c1cc(C(C)C)cc(C(C)C)c1.Cl.Cl.Cl.[Ti]. The van der Waals surface area contributed by atoms with Crippen LogP contribution in [-0.2, 0) is 21.7 Å². The van der Waals surface area contributed by atoms with Gasteiger partial charge in [0, 0.05) is 21.7 Å². The Morgan fingerprint density at radius 2 is 0.681 bits per heavy atom. The van der Waals surface area contributed by atoms with Crippen LogP contribution in [0.15, 0.2) is 71.4 Å². The maximum Gasteiger partial charge on any atom is 0.144 e. The summed E-state index contributed by atoms with van der Waals surface area (Å²) in [4.78, 5) is 0. The molecule has 5 heteroatoms. The Morgan fingerprint density at radius 1 is 0.447 bits per heavy atom. The van der Waals surface area contributed by atoms with Crippen molar-refractivity contribution in [3.8, 4) is 0 Å². The summed E-state index contributed by atoms with van der Waals surface area (Å²) in [5.74, 6) is 2.77. The van der Waals surface area contributed by atoms with Crippen molar-refractivity contribution in [3.63, 3.8) is 0 Å². The van der Waals surface area contributed by atoms with Crippen LogP contribution in [0.4, 0.5) is 0 Å². The summed E-state index contributed by atoms with van der Waals surface area (Å²) >= 11 is 0. The zero-order valence-electron chi connectivity index (χ0n) is 31.2. The smallest absolute Gasteiger partial charge is 0.144 e. The Labute approximate surface area is 323 Å². The maximum absolute atomic E-state index is 4.02. The number of hydrogen-bond acceptors (Lipinski definition) is 0. The number of benzene rings is 3. The molecular weight excluding hydrogens is 687 g/mol. The van der Waals surface area contributed by atoms with Gasteiger partial charge >= 0.3 is 0 Å². The van der Waals surface area contributed by atoms with E-state index in [1.807, 2.05) is 0 Å². The summed E-state index contributed by atoms with van der Waals surface area (Å²) in [6.07, 6.45) is 7.34. The second-order valence-electron chi connectivity index (χ2n) is 15.0. The topological polar surface area (TPSA) is 0 Å². The van der Waals surface area contributed by atoms with Gasteiger partial charge in [-0.25, -0.2) is 10.8 Å². The predicted octanol–water partition coefficient (Wildman–Crippen LogP) is 11.8. The first-order valence-electron chi connectivity index (χ1n) is 16.9. The first kappa shape index (κ1) is 45.9. The van der Waals surface area contributed by atoms with E-state index in [0.717, 1.165) is 6.42 Å². The summed E-state index contributed by atoms with van der Waals surface area (Å²) in [5.41, 5.74) is 10.1. The summed E-state index contributed by atoms with van der Waals surface area (Å²) in [7, 11) is -2.78. The molecule has 0 atom stereocenters. The van der Waals surface area contributed by atoms with Crippen LogP contribution in [-0.4, -0.2) is 8.07 Å². The summed E-state index contributed by atoms with van der Waals surface area (Å²) in [6.45, 7) is 30.6. The van der Waals surface area contributed by atoms with Crippen molar-refractivity contribution in [1.29, 1.82) is 0 Å². The zero-order chi connectivity index (χ0) is 31.8. The number of rotatable bonds is 10. The Balaban J connectivity index is 0.00000529. The first-order valence-corrected chi connectivity index (χ1v) is 18.9. The fourth-order valence-corrected chi connectivity index (χ4v) is 11.8. The van der Waals surface area contributed by atoms with Crippen molar-refractivity contribution in [2.75, 3.05) is 0 Å². The quantitative estimate of drug-likeness (QED) is 0.110. The molecule has 0 N–H and O–H groups in total. The van der Waals surface area contributed by atoms with Gasteiger partial charge in [-0.15, -0.1) is 50.6 Å². The molecule has 3 aromatic carbocycles. The molecule has 0 saturated heterocycles. The standard InChI is InChI=1S/C42H57Si.3ClH.Ti/c1-26(2)33-17-34(27(3)4)21-39(20-33)43(42-16-14-15-32(42)13,40-22-35(28(5)6)18-36(23-40)29(7)8)41-24-37(30(9)10)19-38(25-41)31(11)12;;;;/h15,17-31H,14H2,1-13H3;3*1H;/q-1;;;;. The molecule has 47 heavy (non-hydrogen) atoms. The Bertz CT molecular complexity index is 1300. The van der Waals surface area contributed by atoms with Crippen LogP contribution >= 0.6 is 37.2 Å². The van der Waals surface area contributed by atoms with Crippen molar-refractivity contribution < 1.29 is 21.7 Å². The van der Waals surface area contributed by atoms with E-state index in [2.05, 4.69) is 157 Å². The van der Waals surface area contributed by atoms with Crippen LogP contribution in [0.2, 0.25) is 0 Å². The van der Waals surface area contributed by atoms with Crippen molar-refractivity contribution in [2.45, 2.75) is 132 Å². The van der Waals surface area contributed by atoms with Crippen molar-refractivity contribution in [1.82, 2.24) is 0 Å². The minimum Gasteiger partial charge on any atom is -0.272 e. The van der Waals surface area contributed by atoms with Gasteiger partial charge in [0.1, 0.15) is 8.07 Å². The second-order valence-corrected chi connectivity index (χ2v) is 18.7. The van der Waals surface area contributed by atoms with E-state index in [0.29, 0.717) is 35.5 Å². The third kappa shape index (κ3) is 9.59. The van der Waals surface area contributed by atoms with Crippen LogP contribution in [0.25, 0.3) is 0 Å². The monoisotopic (exact) mass is 745 g/mol. The van der Waals surface area contributed by atoms with Crippen LogP contribution in [0.3, 0.4) is 0 Å². The van der Waals surface area contributed by atoms with Crippen molar-refractivity contribution in [3.05, 3.63) is 111 Å². The van der Waals surface area contributed by atoms with E-state index in [1.165, 1.54) is 59.7 Å². The van der Waals surface area contributed by atoms with E-state index in [9.17, 15) is 0 Å². The normalized spacial score (nSPS) is 13.0. The summed E-state index contributed by atoms with van der Waals surface area (Å²) in [5, 5.41) is 6.02. The van der Waals surface area contributed by atoms with Crippen LogP contribution in [0, 0.1) is 6.08 Å². The van der Waals surface area contributed by atoms with Crippen LogP contribution < -0.4 is 15.6 Å². The molecule has 1 aliphatic rings. The second kappa shape index (κ2) is 18.8. The number of hydrogen-bond donors (Lipinski definition) is 0. The van der Waals surface area contributed by atoms with Gasteiger partial charge in [0.25, 0.3) is 0 Å². The molecule has 0 aromatic heterocycles. The van der Waals surface area contributed by atoms with E-state index in [-0.39, 0.29) is 58.9 Å². The van der Waals surface area contributed by atoms with Gasteiger partial charge in [0.05, 0.1) is 0 Å². The molecule has 0 nitrogen and oxygen atoms in total. The maximum atomic E-state index is 4.02. The zero-order valence-corrected chi connectivity index (χ0v) is 36.2. The fraction of sp³-hybridized carbons (Fsp3) is 0.476. The summed E-state index contributed by atoms with van der Waals surface area (Å²) < 4.78 is 0. The minimum absolute atomic E-state index is 0. The Kier molecular flexibility index (Phi) is 18.4. The van der Waals surface area contributed by atoms with Crippen molar-refractivity contribution >= 4 is 60.9 Å². The van der Waals surface area contributed by atoms with Crippen molar-refractivity contribution in [2.24, 2.45) is 0 Å². The molecule has 0 bridgehead atoms. The predicted molar refractivity (Wildman–Crippen MR) is 215 cm³/mol. The molecule has 4 rings (SSSR count). The minimum atomic E-state index is -2.78.